The Morgan fingerprint density at radius 1 is 1.24 bits per heavy atom. The third-order valence-corrected chi connectivity index (χ3v) is 2.94. The molecule has 0 aliphatic carbocycles. The SMILES string of the molecule is CCCOc1nc(NCc2cccc(OC)c2)ccc1N. The number of ether oxygens (including phenoxy) is 2. The van der Waals surface area contributed by atoms with Gasteiger partial charge in [-0.3, -0.25) is 0 Å². The number of hydrogen-bond acceptors (Lipinski definition) is 5. The van der Waals surface area contributed by atoms with E-state index in [0.29, 0.717) is 24.7 Å². The fourth-order valence-electron chi connectivity index (χ4n) is 1.84. The van der Waals surface area contributed by atoms with E-state index in [0.717, 1.165) is 23.6 Å². The number of nitrogen functional groups attached to an aromatic ring is 1. The summed E-state index contributed by atoms with van der Waals surface area (Å²) in [7, 11) is 1.66. The van der Waals surface area contributed by atoms with E-state index >= 15 is 0 Å². The van der Waals surface area contributed by atoms with Crippen LogP contribution in [0, 0.1) is 0 Å². The molecule has 0 atom stereocenters. The second-order valence-corrected chi connectivity index (χ2v) is 4.64. The molecule has 112 valence electrons. The molecular weight excluding hydrogens is 266 g/mol. The minimum Gasteiger partial charge on any atom is -0.497 e. The van der Waals surface area contributed by atoms with Gasteiger partial charge in [0.1, 0.15) is 11.6 Å². The number of rotatable bonds is 7. The van der Waals surface area contributed by atoms with Crippen molar-refractivity contribution < 1.29 is 9.47 Å². The van der Waals surface area contributed by atoms with Crippen LogP contribution in [-0.2, 0) is 6.54 Å². The maximum atomic E-state index is 5.84. The Labute approximate surface area is 125 Å². The Hall–Kier alpha value is -2.43. The standard InChI is InChI=1S/C16H21N3O2/c1-3-9-21-16-14(17)7-8-15(19-16)18-11-12-5-4-6-13(10-12)20-2/h4-8,10H,3,9,11,17H2,1-2H3,(H,18,19). The first-order valence-corrected chi connectivity index (χ1v) is 6.99. The summed E-state index contributed by atoms with van der Waals surface area (Å²) in [6.07, 6.45) is 0.919. The first kappa shape index (κ1) is 15.0. The molecule has 2 rings (SSSR count). The van der Waals surface area contributed by atoms with Gasteiger partial charge in [0.2, 0.25) is 5.88 Å². The van der Waals surface area contributed by atoms with Crippen LogP contribution in [0.2, 0.25) is 0 Å². The third kappa shape index (κ3) is 4.27. The molecule has 0 saturated carbocycles. The van der Waals surface area contributed by atoms with Crippen molar-refractivity contribution in [3.8, 4) is 11.6 Å². The van der Waals surface area contributed by atoms with Gasteiger partial charge in [0.25, 0.3) is 0 Å². The lowest BCUT2D eigenvalue weighted by Gasteiger charge is -2.11. The van der Waals surface area contributed by atoms with E-state index in [1.54, 1.807) is 13.2 Å². The first-order chi connectivity index (χ1) is 10.2. The molecule has 0 spiro atoms. The van der Waals surface area contributed by atoms with Crippen molar-refractivity contribution in [3.63, 3.8) is 0 Å². The summed E-state index contributed by atoms with van der Waals surface area (Å²) >= 11 is 0. The zero-order chi connectivity index (χ0) is 15.1. The van der Waals surface area contributed by atoms with Crippen molar-refractivity contribution in [2.45, 2.75) is 19.9 Å². The average Bonchev–Trinajstić information content (AvgIpc) is 2.53. The second kappa shape index (κ2) is 7.38. The summed E-state index contributed by atoms with van der Waals surface area (Å²) in [6.45, 7) is 3.30. The van der Waals surface area contributed by atoms with Gasteiger partial charge in [-0.15, -0.1) is 0 Å². The van der Waals surface area contributed by atoms with Gasteiger partial charge in [0, 0.05) is 6.54 Å². The van der Waals surface area contributed by atoms with Gasteiger partial charge in [-0.05, 0) is 36.2 Å². The zero-order valence-electron chi connectivity index (χ0n) is 12.4. The van der Waals surface area contributed by atoms with Gasteiger partial charge in [0.05, 0.1) is 19.4 Å². The Morgan fingerprint density at radius 2 is 2.10 bits per heavy atom. The third-order valence-electron chi connectivity index (χ3n) is 2.94. The van der Waals surface area contributed by atoms with E-state index in [-0.39, 0.29) is 0 Å². The summed E-state index contributed by atoms with van der Waals surface area (Å²) in [5.41, 5.74) is 7.51. The van der Waals surface area contributed by atoms with Gasteiger partial charge >= 0.3 is 0 Å². The smallest absolute Gasteiger partial charge is 0.239 e. The monoisotopic (exact) mass is 287 g/mol. The largest absolute Gasteiger partial charge is 0.497 e. The number of anilines is 2. The normalized spacial score (nSPS) is 10.2. The fraction of sp³-hybridized carbons (Fsp3) is 0.312. The lowest BCUT2D eigenvalue weighted by Crippen LogP contribution is -2.05. The van der Waals surface area contributed by atoms with Crippen LogP contribution in [0.3, 0.4) is 0 Å². The molecule has 0 aliphatic heterocycles. The van der Waals surface area contributed by atoms with Crippen LogP contribution in [0.1, 0.15) is 18.9 Å². The Balaban J connectivity index is 2.02. The molecule has 0 radical (unpaired) electrons. The molecule has 0 bridgehead atoms. The second-order valence-electron chi connectivity index (χ2n) is 4.64. The molecule has 0 saturated heterocycles. The van der Waals surface area contributed by atoms with Crippen LogP contribution >= 0.6 is 0 Å². The summed E-state index contributed by atoms with van der Waals surface area (Å²) in [5, 5.41) is 3.25. The summed E-state index contributed by atoms with van der Waals surface area (Å²) in [5.74, 6) is 2.05. The molecule has 0 amide bonds. The molecule has 2 aromatic rings. The van der Waals surface area contributed by atoms with Crippen LogP contribution in [-0.4, -0.2) is 18.7 Å². The molecule has 21 heavy (non-hydrogen) atoms. The number of hydrogen-bond donors (Lipinski definition) is 2. The number of methoxy groups -OCH3 is 1. The van der Waals surface area contributed by atoms with E-state index in [2.05, 4.69) is 10.3 Å². The highest BCUT2D eigenvalue weighted by atomic mass is 16.5. The number of nitrogens with one attached hydrogen (secondary N) is 1. The van der Waals surface area contributed by atoms with Gasteiger partial charge in [-0.1, -0.05) is 19.1 Å². The molecule has 0 aliphatic rings. The van der Waals surface area contributed by atoms with Crippen LogP contribution < -0.4 is 20.5 Å². The number of benzene rings is 1. The van der Waals surface area contributed by atoms with Crippen LogP contribution in [0.15, 0.2) is 36.4 Å². The molecular formula is C16H21N3O2. The van der Waals surface area contributed by atoms with Crippen molar-refractivity contribution in [2.75, 3.05) is 24.8 Å². The van der Waals surface area contributed by atoms with E-state index < -0.39 is 0 Å². The van der Waals surface area contributed by atoms with Gasteiger partial charge in [-0.25, -0.2) is 0 Å². The maximum Gasteiger partial charge on any atom is 0.239 e. The lowest BCUT2D eigenvalue weighted by molar-refractivity contribution is 0.307. The van der Waals surface area contributed by atoms with Gasteiger partial charge in [0.15, 0.2) is 0 Å². The predicted octanol–water partition coefficient (Wildman–Crippen LogP) is 3.07. The number of pyridine rings is 1. The number of nitrogens with zero attached hydrogens (tertiary/aromatic N) is 1. The quantitative estimate of drug-likeness (QED) is 0.819. The molecule has 0 fully saturated rings. The summed E-state index contributed by atoms with van der Waals surface area (Å²) in [4.78, 5) is 4.38. The number of aromatic nitrogens is 1. The molecule has 1 aromatic heterocycles. The van der Waals surface area contributed by atoms with Crippen LogP contribution in [0.5, 0.6) is 11.6 Å². The van der Waals surface area contributed by atoms with Crippen molar-refractivity contribution in [3.05, 3.63) is 42.0 Å². The van der Waals surface area contributed by atoms with Crippen molar-refractivity contribution >= 4 is 11.5 Å². The topological polar surface area (TPSA) is 69.4 Å². The van der Waals surface area contributed by atoms with E-state index in [9.17, 15) is 0 Å². The molecule has 5 heteroatoms. The van der Waals surface area contributed by atoms with Crippen molar-refractivity contribution in [2.24, 2.45) is 0 Å². The van der Waals surface area contributed by atoms with E-state index in [1.165, 1.54) is 0 Å². The summed E-state index contributed by atoms with van der Waals surface area (Å²) in [6, 6.07) is 11.5. The zero-order valence-corrected chi connectivity index (χ0v) is 12.4. The average molecular weight is 287 g/mol. The maximum absolute atomic E-state index is 5.84. The van der Waals surface area contributed by atoms with Crippen molar-refractivity contribution in [1.29, 1.82) is 0 Å². The lowest BCUT2D eigenvalue weighted by atomic mass is 10.2. The van der Waals surface area contributed by atoms with E-state index in [4.69, 9.17) is 15.2 Å². The minimum atomic E-state index is 0.479. The Bertz CT molecular complexity index is 587. The minimum absolute atomic E-state index is 0.479. The highest BCUT2D eigenvalue weighted by Gasteiger charge is 2.04. The number of nitrogens with two attached hydrogens (primary N) is 1. The highest BCUT2D eigenvalue weighted by Crippen LogP contribution is 2.21. The highest BCUT2D eigenvalue weighted by molar-refractivity contribution is 5.53. The molecule has 5 nitrogen and oxygen atoms in total. The fourth-order valence-corrected chi connectivity index (χ4v) is 1.84. The molecule has 0 unspecified atom stereocenters. The van der Waals surface area contributed by atoms with Gasteiger partial charge in [-0.2, -0.15) is 4.98 Å². The molecule has 1 aromatic carbocycles. The molecule has 3 N–H and O–H groups in total. The van der Waals surface area contributed by atoms with Crippen LogP contribution in [0.25, 0.3) is 0 Å². The van der Waals surface area contributed by atoms with E-state index in [1.807, 2.05) is 37.3 Å². The van der Waals surface area contributed by atoms with Crippen LogP contribution in [0.4, 0.5) is 11.5 Å². The predicted molar refractivity (Wildman–Crippen MR) is 84.8 cm³/mol. The van der Waals surface area contributed by atoms with Gasteiger partial charge < -0.3 is 20.5 Å². The Morgan fingerprint density at radius 3 is 2.86 bits per heavy atom. The summed E-state index contributed by atoms with van der Waals surface area (Å²) < 4.78 is 10.7. The Kier molecular flexibility index (Phi) is 5.26. The first-order valence-electron chi connectivity index (χ1n) is 6.99. The molecule has 1 heterocycles. The van der Waals surface area contributed by atoms with Crippen molar-refractivity contribution in [1.82, 2.24) is 4.98 Å².